The molecule has 28 heavy (non-hydrogen) atoms. The molecule has 0 radical (unpaired) electrons. The number of hydrogen-bond acceptors (Lipinski definition) is 4. The fraction of sp³-hybridized carbons (Fsp3) is 0.381. The van der Waals surface area contributed by atoms with Gasteiger partial charge in [-0.05, 0) is 17.5 Å². The number of carbonyl (C=O) groups excluding carboxylic acids is 3. The van der Waals surface area contributed by atoms with E-state index in [4.69, 9.17) is 4.74 Å². The number of piperidine rings is 1. The average molecular weight is 445 g/mol. The second-order valence-electron chi connectivity index (χ2n) is 7.26. The summed E-state index contributed by atoms with van der Waals surface area (Å²) in [4.78, 5) is 38.0. The van der Waals surface area contributed by atoms with Gasteiger partial charge >= 0.3 is 0 Å². The lowest BCUT2D eigenvalue weighted by molar-refractivity contribution is -0.142. The minimum Gasteiger partial charge on any atom is -0.369 e. The number of alkyl halides is 1. The Bertz CT molecular complexity index is 862. The fourth-order valence-electron chi connectivity index (χ4n) is 3.93. The van der Waals surface area contributed by atoms with Crippen molar-refractivity contribution in [2.24, 2.45) is 5.92 Å². The molecule has 0 aromatic heterocycles. The van der Waals surface area contributed by atoms with E-state index in [1.165, 1.54) is 5.56 Å². The van der Waals surface area contributed by atoms with Gasteiger partial charge in [-0.15, -0.1) is 0 Å². The molecule has 7 heteroatoms. The minimum absolute atomic E-state index is 0.107. The number of nitrogens with one attached hydrogen (secondary N) is 1. The predicted octanol–water partition coefficient (Wildman–Crippen LogP) is 2.23. The highest BCUT2D eigenvalue weighted by Crippen LogP contribution is 2.34. The first kappa shape index (κ1) is 19.1. The second-order valence-corrected chi connectivity index (χ2v) is 7.82. The van der Waals surface area contributed by atoms with Gasteiger partial charge < -0.3 is 9.64 Å². The molecule has 2 aliphatic heterocycles. The molecule has 146 valence electrons. The van der Waals surface area contributed by atoms with E-state index in [2.05, 4.69) is 33.4 Å². The molecule has 4 rings (SSSR count). The van der Waals surface area contributed by atoms with Crippen molar-refractivity contribution in [3.05, 3.63) is 59.2 Å². The predicted molar refractivity (Wildman–Crippen MR) is 106 cm³/mol. The number of halogens is 1. The van der Waals surface area contributed by atoms with Crippen LogP contribution in [0.4, 0.5) is 0 Å². The van der Waals surface area contributed by atoms with Crippen molar-refractivity contribution < 1.29 is 19.1 Å². The van der Waals surface area contributed by atoms with Crippen LogP contribution in [0.2, 0.25) is 0 Å². The van der Waals surface area contributed by atoms with Crippen LogP contribution < -0.4 is 5.32 Å². The van der Waals surface area contributed by atoms with Gasteiger partial charge in [0.2, 0.25) is 11.8 Å². The first-order chi connectivity index (χ1) is 13.6. The summed E-state index contributed by atoms with van der Waals surface area (Å²) >= 11 is 3.44. The first-order valence-corrected chi connectivity index (χ1v) is 10.5. The van der Waals surface area contributed by atoms with Crippen molar-refractivity contribution >= 4 is 33.7 Å². The Hall–Kier alpha value is -2.25. The maximum Gasteiger partial charge on any atom is 0.250 e. The van der Waals surface area contributed by atoms with E-state index in [9.17, 15) is 14.4 Å². The molecule has 0 bridgehead atoms. The summed E-state index contributed by atoms with van der Waals surface area (Å²) < 4.78 is 6.11. The third-order valence-electron chi connectivity index (χ3n) is 5.48. The van der Waals surface area contributed by atoms with Gasteiger partial charge in [-0.1, -0.05) is 58.4 Å². The smallest absolute Gasteiger partial charge is 0.250 e. The fourth-order valence-corrected chi connectivity index (χ4v) is 4.31. The van der Waals surface area contributed by atoms with Crippen LogP contribution in [0.25, 0.3) is 0 Å². The lowest BCUT2D eigenvalue weighted by Crippen LogP contribution is -2.53. The van der Waals surface area contributed by atoms with Crippen LogP contribution in [-0.4, -0.2) is 41.3 Å². The maximum atomic E-state index is 12.9. The quantitative estimate of drug-likeness (QED) is 0.557. The molecule has 3 unspecified atom stereocenters. The van der Waals surface area contributed by atoms with E-state index in [-0.39, 0.29) is 36.2 Å². The van der Waals surface area contributed by atoms with E-state index in [1.807, 2.05) is 30.4 Å². The Kier molecular flexibility index (Phi) is 5.46. The second kappa shape index (κ2) is 8.01. The topological polar surface area (TPSA) is 75.7 Å². The molecule has 1 aromatic carbocycles. The van der Waals surface area contributed by atoms with E-state index < -0.39 is 6.04 Å². The third-order valence-corrected chi connectivity index (χ3v) is 6.13. The van der Waals surface area contributed by atoms with Gasteiger partial charge in [-0.2, -0.15) is 0 Å². The largest absolute Gasteiger partial charge is 0.369 e. The summed E-state index contributed by atoms with van der Waals surface area (Å²) in [6.07, 6.45) is 6.02. The molecule has 6 nitrogen and oxygen atoms in total. The van der Waals surface area contributed by atoms with Crippen LogP contribution in [0.15, 0.2) is 48.1 Å². The molecule has 3 aliphatic rings. The van der Waals surface area contributed by atoms with Gasteiger partial charge in [0, 0.05) is 29.8 Å². The van der Waals surface area contributed by atoms with Gasteiger partial charge in [0.15, 0.2) is 0 Å². The average Bonchev–Trinajstić information content (AvgIpc) is 3.04. The highest BCUT2D eigenvalue weighted by atomic mass is 79.9. The number of likely N-dealkylation sites (tertiary alicyclic amines) is 1. The number of carbonyl (C=O) groups is 3. The molecule has 3 amide bonds. The normalized spacial score (nSPS) is 26.9. The Balaban J connectivity index is 1.43. The van der Waals surface area contributed by atoms with E-state index in [0.29, 0.717) is 25.1 Å². The molecule has 2 fully saturated rings. The molecule has 1 N–H and O–H groups in total. The number of hydrogen-bond donors (Lipinski definition) is 1. The molecule has 3 atom stereocenters. The number of amides is 3. The van der Waals surface area contributed by atoms with Crippen LogP contribution in [0, 0.1) is 5.92 Å². The summed E-state index contributed by atoms with van der Waals surface area (Å²) in [6.45, 7) is 0.877. The first-order valence-electron chi connectivity index (χ1n) is 9.35. The van der Waals surface area contributed by atoms with E-state index in [1.54, 1.807) is 4.90 Å². The number of rotatable bonds is 5. The Morgan fingerprint density at radius 2 is 1.89 bits per heavy atom. The van der Waals surface area contributed by atoms with Gasteiger partial charge in [0.05, 0.1) is 12.7 Å². The van der Waals surface area contributed by atoms with E-state index in [0.717, 1.165) is 10.9 Å². The van der Waals surface area contributed by atoms with Crippen LogP contribution in [0.3, 0.4) is 0 Å². The molecular formula is C21H21BrN2O4. The number of allylic oxidation sites excluding steroid dienone is 2. The summed E-state index contributed by atoms with van der Waals surface area (Å²) in [5, 5.41) is 3.15. The van der Waals surface area contributed by atoms with Gasteiger partial charge in [-0.25, -0.2) is 0 Å². The number of imide groups is 1. The zero-order chi connectivity index (χ0) is 19.7. The van der Waals surface area contributed by atoms with Crippen molar-refractivity contribution in [1.29, 1.82) is 0 Å². The molecule has 2 heterocycles. The van der Waals surface area contributed by atoms with Crippen molar-refractivity contribution in [1.82, 2.24) is 10.2 Å². The van der Waals surface area contributed by atoms with Crippen LogP contribution in [-0.2, 0) is 31.1 Å². The molecule has 0 spiro atoms. The van der Waals surface area contributed by atoms with Gasteiger partial charge in [-0.3, -0.25) is 19.7 Å². The van der Waals surface area contributed by atoms with Crippen molar-refractivity contribution in [3.8, 4) is 0 Å². The minimum atomic E-state index is -0.589. The standard InChI is InChI=1S/C21H21BrN2O4/c22-10-13-4-6-14(7-5-13)12-28-18-3-1-2-15-16(18)11-24(21(15)27)17-8-9-19(25)23-20(17)26/h1-7,16-18H,8-12H2,(H,23,25,26). The molecule has 1 aliphatic carbocycles. The van der Waals surface area contributed by atoms with Gasteiger partial charge in [0.1, 0.15) is 6.04 Å². The molecule has 2 saturated heterocycles. The summed E-state index contributed by atoms with van der Waals surface area (Å²) in [5.41, 5.74) is 2.94. The Morgan fingerprint density at radius 1 is 1.14 bits per heavy atom. The summed E-state index contributed by atoms with van der Waals surface area (Å²) in [6, 6.07) is 7.60. The van der Waals surface area contributed by atoms with Crippen molar-refractivity contribution in [3.63, 3.8) is 0 Å². The number of benzene rings is 1. The lowest BCUT2D eigenvalue weighted by Gasteiger charge is -2.30. The molecule has 1 aromatic rings. The zero-order valence-corrected chi connectivity index (χ0v) is 16.9. The highest BCUT2D eigenvalue weighted by Gasteiger charge is 2.45. The summed E-state index contributed by atoms with van der Waals surface area (Å²) in [5.74, 6) is -0.914. The van der Waals surface area contributed by atoms with E-state index >= 15 is 0 Å². The molecule has 0 saturated carbocycles. The number of nitrogens with zero attached hydrogens (tertiary/aromatic N) is 1. The Morgan fingerprint density at radius 3 is 2.61 bits per heavy atom. The summed E-state index contributed by atoms with van der Waals surface area (Å²) in [7, 11) is 0. The zero-order valence-electron chi connectivity index (χ0n) is 15.3. The van der Waals surface area contributed by atoms with Crippen molar-refractivity contribution in [2.75, 3.05) is 6.54 Å². The van der Waals surface area contributed by atoms with Crippen molar-refractivity contribution in [2.45, 2.75) is 36.9 Å². The number of fused-ring (bicyclic) bond motifs is 1. The lowest BCUT2D eigenvalue weighted by atomic mass is 9.91. The van der Waals surface area contributed by atoms with Crippen LogP contribution in [0.5, 0.6) is 0 Å². The van der Waals surface area contributed by atoms with Crippen LogP contribution >= 0.6 is 15.9 Å². The third kappa shape index (κ3) is 3.69. The monoisotopic (exact) mass is 444 g/mol. The highest BCUT2D eigenvalue weighted by molar-refractivity contribution is 9.08. The number of ether oxygens (including phenoxy) is 1. The Labute approximate surface area is 171 Å². The maximum absolute atomic E-state index is 12.9. The van der Waals surface area contributed by atoms with Gasteiger partial charge in [0.25, 0.3) is 5.91 Å². The van der Waals surface area contributed by atoms with Crippen LogP contribution in [0.1, 0.15) is 24.0 Å². The molecular weight excluding hydrogens is 424 g/mol. The SMILES string of the molecule is O=C1CCC(N2CC3C(=CC=CC3OCc3ccc(CBr)cc3)C2=O)C(=O)N1.